The lowest BCUT2D eigenvalue weighted by Crippen LogP contribution is -2.49. The Morgan fingerprint density at radius 3 is 2.96 bits per heavy atom. The molecule has 2 aromatic heterocycles. The van der Waals surface area contributed by atoms with E-state index >= 15 is 0 Å². The Labute approximate surface area is 140 Å². The van der Waals surface area contributed by atoms with Crippen LogP contribution in [-0.4, -0.2) is 32.8 Å². The summed E-state index contributed by atoms with van der Waals surface area (Å²) < 4.78 is 7.49. The van der Waals surface area contributed by atoms with Gasteiger partial charge in [0.05, 0.1) is 25.0 Å². The molecular formula is C18H22N4O2. The van der Waals surface area contributed by atoms with Gasteiger partial charge in [-0.1, -0.05) is 0 Å². The SMILES string of the molecule is O=c1cc2c(nn1CC1CN(Cc3ncc(C4CC4)o3)C1)CCC2. The number of hydrogen-bond acceptors (Lipinski definition) is 5. The first-order valence-corrected chi connectivity index (χ1v) is 9.01. The normalized spacial score (nSPS) is 21.0. The van der Waals surface area contributed by atoms with E-state index in [1.54, 1.807) is 10.7 Å². The maximum Gasteiger partial charge on any atom is 0.267 e. The van der Waals surface area contributed by atoms with Crippen LogP contribution < -0.4 is 5.56 Å². The third-order valence-electron chi connectivity index (χ3n) is 5.40. The van der Waals surface area contributed by atoms with Crippen molar-refractivity contribution in [3.8, 4) is 0 Å². The largest absolute Gasteiger partial charge is 0.444 e. The molecule has 5 rings (SSSR count). The number of oxazole rings is 1. The van der Waals surface area contributed by atoms with Gasteiger partial charge in [-0.2, -0.15) is 5.10 Å². The van der Waals surface area contributed by atoms with E-state index in [0.29, 0.717) is 11.8 Å². The number of likely N-dealkylation sites (tertiary alicyclic amines) is 1. The standard InChI is InChI=1S/C18H22N4O2/c23-18-6-14-2-1-3-15(14)20-22(18)10-12-8-21(9-12)11-17-19-7-16(24-17)13-4-5-13/h6-7,12-13H,1-5,8-11H2. The second-order valence-electron chi connectivity index (χ2n) is 7.48. The van der Waals surface area contributed by atoms with Crippen LogP contribution in [-0.2, 0) is 25.9 Å². The zero-order valence-corrected chi connectivity index (χ0v) is 13.8. The molecule has 0 spiro atoms. The third-order valence-corrected chi connectivity index (χ3v) is 5.40. The molecule has 1 saturated heterocycles. The summed E-state index contributed by atoms with van der Waals surface area (Å²) in [6.45, 7) is 3.45. The third kappa shape index (κ3) is 2.69. The van der Waals surface area contributed by atoms with Gasteiger partial charge < -0.3 is 4.42 Å². The molecule has 0 bridgehead atoms. The predicted octanol–water partition coefficient (Wildman–Crippen LogP) is 1.73. The van der Waals surface area contributed by atoms with Gasteiger partial charge in [0.15, 0.2) is 0 Å². The molecule has 1 aliphatic heterocycles. The predicted molar refractivity (Wildman–Crippen MR) is 87.8 cm³/mol. The topological polar surface area (TPSA) is 64.2 Å². The lowest BCUT2D eigenvalue weighted by molar-refractivity contribution is 0.0675. The van der Waals surface area contributed by atoms with Crippen molar-refractivity contribution in [3.63, 3.8) is 0 Å². The zero-order chi connectivity index (χ0) is 16.1. The lowest BCUT2D eigenvalue weighted by Gasteiger charge is -2.38. The maximum absolute atomic E-state index is 12.2. The van der Waals surface area contributed by atoms with E-state index in [-0.39, 0.29) is 5.56 Å². The minimum absolute atomic E-state index is 0.0517. The van der Waals surface area contributed by atoms with Gasteiger partial charge in [0.25, 0.3) is 5.56 Å². The van der Waals surface area contributed by atoms with E-state index in [4.69, 9.17) is 4.42 Å². The highest BCUT2D eigenvalue weighted by molar-refractivity contribution is 5.22. The quantitative estimate of drug-likeness (QED) is 0.837. The molecule has 2 fully saturated rings. The van der Waals surface area contributed by atoms with Crippen molar-refractivity contribution < 1.29 is 4.42 Å². The summed E-state index contributed by atoms with van der Waals surface area (Å²) in [5, 5.41) is 4.57. The van der Waals surface area contributed by atoms with Gasteiger partial charge >= 0.3 is 0 Å². The Kier molecular flexibility index (Phi) is 3.33. The van der Waals surface area contributed by atoms with Gasteiger partial charge in [0.1, 0.15) is 5.76 Å². The number of hydrogen-bond donors (Lipinski definition) is 0. The summed E-state index contributed by atoms with van der Waals surface area (Å²) in [6, 6.07) is 1.79. The summed E-state index contributed by atoms with van der Waals surface area (Å²) >= 11 is 0. The first kappa shape index (κ1) is 14.4. The molecule has 0 aromatic carbocycles. The van der Waals surface area contributed by atoms with Crippen LogP contribution in [0.1, 0.15) is 48.1 Å². The first-order chi connectivity index (χ1) is 11.7. The van der Waals surface area contributed by atoms with Crippen molar-refractivity contribution in [2.45, 2.75) is 51.1 Å². The molecule has 0 N–H and O–H groups in total. The van der Waals surface area contributed by atoms with Crippen molar-refractivity contribution >= 4 is 0 Å². The second kappa shape index (κ2) is 5.55. The highest BCUT2D eigenvalue weighted by Gasteiger charge is 2.31. The highest BCUT2D eigenvalue weighted by atomic mass is 16.4. The van der Waals surface area contributed by atoms with Crippen molar-refractivity contribution in [2.24, 2.45) is 5.92 Å². The molecule has 24 heavy (non-hydrogen) atoms. The number of fused-ring (bicyclic) bond motifs is 1. The molecule has 6 nitrogen and oxygen atoms in total. The molecule has 0 atom stereocenters. The fraction of sp³-hybridized carbons (Fsp3) is 0.611. The summed E-state index contributed by atoms with van der Waals surface area (Å²) in [5.41, 5.74) is 2.33. The molecule has 6 heteroatoms. The Morgan fingerprint density at radius 2 is 2.12 bits per heavy atom. The first-order valence-electron chi connectivity index (χ1n) is 9.01. The van der Waals surface area contributed by atoms with E-state index in [1.165, 1.54) is 12.8 Å². The van der Waals surface area contributed by atoms with Crippen LogP contribution in [0.25, 0.3) is 0 Å². The Bertz CT molecular complexity index is 815. The van der Waals surface area contributed by atoms with Gasteiger partial charge in [-0.15, -0.1) is 0 Å². The number of rotatable bonds is 5. The molecule has 3 heterocycles. The molecule has 126 valence electrons. The van der Waals surface area contributed by atoms with E-state index in [1.807, 2.05) is 6.20 Å². The Hall–Kier alpha value is -1.95. The number of nitrogens with zero attached hydrogens (tertiary/aromatic N) is 4. The van der Waals surface area contributed by atoms with Crippen LogP contribution >= 0.6 is 0 Å². The molecule has 3 aliphatic rings. The molecule has 0 unspecified atom stereocenters. The minimum atomic E-state index is 0.0517. The van der Waals surface area contributed by atoms with Crippen LogP contribution in [0.2, 0.25) is 0 Å². The zero-order valence-electron chi connectivity index (χ0n) is 13.8. The van der Waals surface area contributed by atoms with E-state index in [0.717, 1.165) is 68.3 Å². The molecule has 2 aromatic rings. The summed E-state index contributed by atoms with van der Waals surface area (Å²) in [7, 11) is 0. The van der Waals surface area contributed by atoms with Gasteiger partial charge in [0, 0.05) is 31.0 Å². The van der Waals surface area contributed by atoms with Crippen molar-refractivity contribution in [1.82, 2.24) is 19.7 Å². The number of aryl methyl sites for hydroxylation is 2. The molecule has 0 amide bonds. The average Bonchev–Trinajstić information content (AvgIpc) is 3.11. The highest BCUT2D eigenvalue weighted by Crippen LogP contribution is 2.40. The summed E-state index contributed by atoms with van der Waals surface area (Å²) in [6.07, 6.45) is 7.51. The Morgan fingerprint density at radius 1 is 1.25 bits per heavy atom. The fourth-order valence-corrected chi connectivity index (χ4v) is 3.88. The Balaban J connectivity index is 1.17. The van der Waals surface area contributed by atoms with E-state index in [9.17, 15) is 4.79 Å². The van der Waals surface area contributed by atoms with Crippen LogP contribution in [0, 0.1) is 5.92 Å². The van der Waals surface area contributed by atoms with Crippen LogP contribution in [0.15, 0.2) is 21.5 Å². The van der Waals surface area contributed by atoms with Gasteiger partial charge in [-0.3, -0.25) is 9.69 Å². The number of aromatic nitrogens is 3. The van der Waals surface area contributed by atoms with Crippen molar-refractivity contribution in [2.75, 3.05) is 13.1 Å². The van der Waals surface area contributed by atoms with E-state index < -0.39 is 0 Å². The maximum atomic E-state index is 12.2. The van der Waals surface area contributed by atoms with Crippen LogP contribution in [0.4, 0.5) is 0 Å². The second-order valence-corrected chi connectivity index (χ2v) is 7.48. The van der Waals surface area contributed by atoms with Gasteiger partial charge in [-0.25, -0.2) is 9.67 Å². The van der Waals surface area contributed by atoms with E-state index in [2.05, 4.69) is 15.0 Å². The van der Waals surface area contributed by atoms with Crippen molar-refractivity contribution in [3.05, 3.63) is 45.5 Å². The minimum Gasteiger partial charge on any atom is -0.444 e. The molecular weight excluding hydrogens is 304 g/mol. The van der Waals surface area contributed by atoms with Gasteiger partial charge in [-0.05, 0) is 37.7 Å². The smallest absolute Gasteiger partial charge is 0.267 e. The fourth-order valence-electron chi connectivity index (χ4n) is 3.88. The lowest BCUT2D eigenvalue weighted by atomic mass is 10.0. The average molecular weight is 326 g/mol. The monoisotopic (exact) mass is 326 g/mol. The van der Waals surface area contributed by atoms with Crippen molar-refractivity contribution in [1.29, 1.82) is 0 Å². The van der Waals surface area contributed by atoms with Crippen LogP contribution in [0.3, 0.4) is 0 Å². The summed E-state index contributed by atoms with van der Waals surface area (Å²) in [4.78, 5) is 18.9. The molecule has 1 saturated carbocycles. The van der Waals surface area contributed by atoms with Gasteiger partial charge in [0.2, 0.25) is 5.89 Å². The molecule has 2 aliphatic carbocycles. The molecule has 0 radical (unpaired) electrons. The van der Waals surface area contributed by atoms with Crippen LogP contribution in [0.5, 0.6) is 0 Å². The summed E-state index contributed by atoms with van der Waals surface area (Å²) in [5.74, 6) is 2.99.